The van der Waals surface area contributed by atoms with Gasteiger partial charge in [0.2, 0.25) is 0 Å². The van der Waals surface area contributed by atoms with Crippen molar-refractivity contribution in [2.75, 3.05) is 19.0 Å². The molecule has 0 spiro atoms. The second kappa shape index (κ2) is 6.92. The molecule has 1 aromatic rings. The molecule has 0 saturated carbocycles. The third kappa shape index (κ3) is 3.80. The molecule has 4 heteroatoms. The number of aromatic nitrogens is 2. The summed E-state index contributed by atoms with van der Waals surface area (Å²) >= 11 is 5.81. The number of nitrogens with zero attached hydrogens (tertiary/aromatic N) is 3. The highest BCUT2D eigenvalue weighted by Gasteiger charge is 2.09. The Balaban J connectivity index is 2.67. The fourth-order valence-corrected chi connectivity index (χ4v) is 2.17. The van der Waals surface area contributed by atoms with Crippen LogP contribution in [0.2, 0.25) is 0 Å². The van der Waals surface area contributed by atoms with Gasteiger partial charge < -0.3 is 0 Å². The van der Waals surface area contributed by atoms with Gasteiger partial charge in [-0.05, 0) is 32.9 Å². The lowest BCUT2D eigenvalue weighted by Gasteiger charge is -2.20. The summed E-state index contributed by atoms with van der Waals surface area (Å²) in [5, 5.41) is 4.46. The average Bonchev–Trinajstić information content (AvgIpc) is 2.59. The van der Waals surface area contributed by atoms with Crippen molar-refractivity contribution in [3.05, 3.63) is 17.5 Å². The largest absolute Gasteiger partial charge is 0.296 e. The van der Waals surface area contributed by atoms with Crippen LogP contribution in [0.4, 0.5) is 0 Å². The van der Waals surface area contributed by atoms with E-state index < -0.39 is 0 Å². The molecule has 0 atom stereocenters. The van der Waals surface area contributed by atoms with Gasteiger partial charge in [-0.2, -0.15) is 5.10 Å². The van der Waals surface area contributed by atoms with Crippen LogP contribution in [0.3, 0.4) is 0 Å². The van der Waals surface area contributed by atoms with Crippen LogP contribution in [0.5, 0.6) is 0 Å². The zero-order chi connectivity index (χ0) is 12.0. The van der Waals surface area contributed by atoms with Crippen LogP contribution in [0.25, 0.3) is 0 Å². The number of alkyl halides is 1. The Bertz CT molecular complexity index is 303. The van der Waals surface area contributed by atoms with E-state index in [-0.39, 0.29) is 0 Å². The first-order valence-corrected chi connectivity index (χ1v) is 6.56. The number of halogens is 1. The molecule has 0 unspecified atom stereocenters. The summed E-state index contributed by atoms with van der Waals surface area (Å²) in [4.78, 5) is 2.38. The van der Waals surface area contributed by atoms with Gasteiger partial charge in [-0.15, -0.1) is 11.6 Å². The van der Waals surface area contributed by atoms with E-state index in [1.54, 1.807) is 0 Å². The van der Waals surface area contributed by atoms with Crippen molar-refractivity contribution in [1.29, 1.82) is 0 Å². The molecule has 0 radical (unpaired) electrons. The van der Waals surface area contributed by atoms with Crippen LogP contribution >= 0.6 is 11.6 Å². The van der Waals surface area contributed by atoms with Gasteiger partial charge in [0.25, 0.3) is 0 Å². The SMILES string of the molecule is CCCN(CCCl)Cc1cc(C)nn1CC. The summed E-state index contributed by atoms with van der Waals surface area (Å²) in [5.74, 6) is 0.694. The number of hydrogen-bond acceptors (Lipinski definition) is 2. The Kier molecular flexibility index (Phi) is 5.85. The fourth-order valence-electron chi connectivity index (χ4n) is 1.93. The first-order valence-electron chi connectivity index (χ1n) is 6.02. The van der Waals surface area contributed by atoms with Crippen molar-refractivity contribution in [3.8, 4) is 0 Å². The number of aryl methyl sites for hydroxylation is 2. The quantitative estimate of drug-likeness (QED) is 0.687. The molecule has 0 N–H and O–H groups in total. The van der Waals surface area contributed by atoms with Gasteiger partial charge in [-0.25, -0.2) is 0 Å². The second-order valence-electron chi connectivity index (χ2n) is 4.06. The van der Waals surface area contributed by atoms with E-state index in [0.717, 1.165) is 38.3 Å². The lowest BCUT2D eigenvalue weighted by Crippen LogP contribution is -2.27. The molecule has 1 aromatic heterocycles. The van der Waals surface area contributed by atoms with Gasteiger partial charge in [0.05, 0.1) is 11.4 Å². The summed E-state index contributed by atoms with van der Waals surface area (Å²) in [6.07, 6.45) is 1.16. The van der Waals surface area contributed by atoms with Crippen molar-refractivity contribution in [2.45, 2.75) is 40.3 Å². The van der Waals surface area contributed by atoms with Crippen LogP contribution in [0.1, 0.15) is 31.7 Å². The first-order chi connectivity index (χ1) is 7.71. The minimum absolute atomic E-state index is 0.694. The molecule has 0 aliphatic carbocycles. The van der Waals surface area contributed by atoms with Gasteiger partial charge in [-0.3, -0.25) is 9.58 Å². The summed E-state index contributed by atoms with van der Waals surface area (Å²) in [6.45, 7) is 10.3. The monoisotopic (exact) mass is 243 g/mol. The van der Waals surface area contributed by atoms with Crippen LogP contribution < -0.4 is 0 Å². The molecule has 0 aliphatic rings. The van der Waals surface area contributed by atoms with Crippen LogP contribution in [-0.4, -0.2) is 33.6 Å². The summed E-state index contributed by atoms with van der Waals surface area (Å²) in [6, 6.07) is 2.17. The maximum atomic E-state index is 5.81. The molecule has 3 nitrogen and oxygen atoms in total. The zero-order valence-corrected chi connectivity index (χ0v) is 11.3. The Hall–Kier alpha value is -0.540. The number of rotatable bonds is 7. The fraction of sp³-hybridized carbons (Fsp3) is 0.750. The summed E-state index contributed by atoms with van der Waals surface area (Å²) < 4.78 is 2.08. The highest BCUT2D eigenvalue weighted by molar-refractivity contribution is 6.18. The van der Waals surface area contributed by atoms with E-state index in [9.17, 15) is 0 Å². The Morgan fingerprint density at radius 2 is 2.12 bits per heavy atom. The van der Waals surface area contributed by atoms with E-state index in [0.29, 0.717) is 5.88 Å². The predicted octanol–water partition coefficient (Wildman–Crippen LogP) is 2.66. The minimum atomic E-state index is 0.694. The maximum Gasteiger partial charge on any atom is 0.0597 e. The van der Waals surface area contributed by atoms with Crippen LogP contribution in [-0.2, 0) is 13.1 Å². The second-order valence-corrected chi connectivity index (χ2v) is 4.44. The Morgan fingerprint density at radius 3 is 2.69 bits per heavy atom. The number of hydrogen-bond donors (Lipinski definition) is 0. The van der Waals surface area contributed by atoms with E-state index in [1.807, 2.05) is 6.92 Å². The van der Waals surface area contributed by atoms with E-state index in [1.165, 1.54) is 5.69 Å². The van der Waals surface area contributed by atoms with Gasteiger partial charge in [0.1, 0.15) is 0 Å². The average molecular weight is 244 g/mol. The van der Waals surface area contributed by atoms with Crippen LogP contribution in [0, 0.1) is 6.92 Å². The van der Waals surface area contributed by atoms with Gasteiger partial charge in [0.15, 0.2) is 0 Å². The Morgan fingerprint density at radius 1 is 1.38 bits per heavy atom. The molecule has 92 valence electrons. The van der Waals surface area contributed by atoms with Crippen molar-refractivity contribution in [2.24, 2.45) is 0 Å². The molecule has 1 rings (SSSR count). The lowest BCUT2D eigenvalue weighted by molar-refractivity contribution is 0.273. The molecule has 0 amide bonds. The van der Waals surface area contributed by atoms with Gasteiger partial charge >= 0.3 is 0 Å². The topological polar surface area (TPSA) is 21.1 Å². The van der Waals surface area contributed by atoms with Crippen molar-refractivity contribution in [3.63, 3.8) is 0 Å². The van der Waals surface area contributed by atoms with Crippen molar-refractivity contribution < 1.29 is 0 Å². The van der Waals surface area contributed by atoms with Gasteiger partial charge in [-0.1, -0.05) is 6.92 Å². The standard InChI is InChI=1S/C12H22ClN3/c1-4-7-15(8-6-13)10-12-9-11(3)14-16(12)5-2/h9H,4-8,10H2,1-3H3. The molecule has 0 aliphatic heterocycles. The molecule has 0 aromatic carbocycles. The van der Waals surface area contributed by atoms with Crippen LogP contribution in [0.15, 0.2) is 6.07 Å². The smallest absolute Gasteiger partial charge is 0.0597 e. The van der Waals surface area contributed by atoms with E-state index >= 15 is 0 Å². The minimum Gasteiger partial charge on any atom is -0.296 e. The molecule has 1 heterocycles. The first kappa shape index (κ1) is 13.5. The lowest BCUT2D eigenvalue weighted by atomic mass is 10.3. The molecule has 0 bridgehead atoms. The van der Waals surface area contributed by atoms with Crippen molar-refractivity contribution in [1.82, 2.24) is 14.7 Å². The predicted molar refractivity (Wildman–Crippen MR) is 68.9 cm³/mol. The Labute approximate surface area is 103 Å². The highest BCUT2D eigenvalue weighted by atomic mass is 35.5. The van der Waals surface area contributed by atoms with E-state index in [2.05, 4.69) is 34.6 Å². The molecule has 0 saturated heterocycles. The summed E-state index contributed by atoms with van der Waals surface area (Å²) in [7, 11) is 0. The van der Waals surface area contributed by atoms with E-state index in [4.69, 9.17) is 11.6 Å². The third-order valence-corrected chi connectivity index (χ3v) is 2.78. The van der Waals surface area contributed by atoms with Crippen molar-refractivity contribution >= 4 is 11.6 Å². The molecular formula is C12H22ClN3. The maximum absolute atomic E-state index is 5.81. The summed E-state index contributed by atoms with van der Waals surface area (Å²) in [5.41, 5.74) is 2.39. The molecule has 16 heavy (non-hydrogen) atoms. The zero-order valence-electron chi connectivity index (χ0n) is 10.5. The molecule has 0 fully saturated rings. The molecular weight excluding hydrogens is 222 g/mol. The highest BCUT2D eigenvalue weighted by Crippen LogP contribution is 2.08. The van der Waals surface area contributed by atoms with Gasteiger partial charge in [0, 0.05) is 25.5 Å². The third-order valence-electron chi connectivity index (χ3n) is 2.61. The normalized spacial score (nSPS) is 11.3.